The number of aryl methyl sites for hydroxylation is 1. The first kappa shape index (κ1) is 13.3. The molecule has 1 saturated carbocycles. The fraction of sp³-hybridized carbons (Fsp3) is 0.714. The van der Waals surface area contributed by atoms with Crippen molar-refractivity contribution in [3.05, 3.63) is 18.1 Å². The Morgan fingerprint density at radius 3 is 2.78 bits per heavy atom. The second-order valence-electron chi connectivity index (χ2n) is 5.20. The third kappa shape index (κ3) is 3.95. The molecule has 0 aromatic carbocycles. The molecule has 0 bridgehead atoms. The Morgan fingerprint density at radius 1 is 1.28 bits per heavy atom. The Labute approximate surface area is 109 Å². The lowest BCUT2D eigenvalue weighted by Gasteiger charge is -2.25. The summed E-state index contributed by atoms with van der Waals surface area (Å²) in [6.07, 6.45) is 7.79. The normalized spacial score (nSPS) is 23.9. The fourth-order valence-electron chi connectivity index (χ4n) is 2.48. The van der Waals surface area contributed by atoms with Crippen LogP contribution in [0.25, 0.3) is 0 Å². The second-order valence-corrected chi connectivity index (χ2v) is 5.20. The monoisotopic (exact) mass is 249 g/mol. The highest BCUT2D eigenvalue weighted by molar-refractivity contribution is 5.34. The molecule has 0 saturated heterocycles. The molecule has 0 spiro atoms. The van der Waals surface area contributed by atoms with Gasteiger partial charge in [-0.1, -0.05) is 13.3 Å². The molecule has 2 rings (SSSR count). The lowest BCUT2D eigenvalue weighted by Crippen LogP contribution is -2.23. The van der Waals surface area contributed by atoms with Gasteiger partial charge in [-0.2, -0.15) is 0 Å². The van der Waals surface area contributed by atoms with Gasteiger partial charge in [-0.3, -0.25) is 0 Å². The SMILES string of the molecule is CCCc1cc(NCC2CCC(O)CC2)ncn1. The van der Waals surface area contributed by atoms with Crippen molar-refractivity contribution in [2.24, 2.45) is 5.92 Å². The fourth-order valence-corrected chi connectivity index (χ4v) is 2.48. The van der Waals surface area contributed by atoms with Crippen LogP contribution in [0.5, 0.6) is 0 Å². The predicted octanol–water partition coefficient (Wildman–Crippen LogP) is 2.39. The summed E-state index contributed by atoms with van der Waals surface area (Å²) in [6, 6.07) is 2.04. The summed E-state index contributed by atoms with van der Waals surface area (Å²) in [5, 5.41) is 12.9. The molecule has 0 atom stereocenters. The van der Waals surface area contributed by atoms with Gasteiger partial charge in [0, 0.05) is 18.3 Å². The number of anilines is 1. The van der Waals surface area contributed by atoms with Gasteiger partial charge >= 0.3 is 0 Å². The largest absolute Gasteiger partial charge is 0.393 e. The van der Waals surface area contributed by atoms with E-state index in [1.807, 2.05) is 6.07 Å². The minimum atomic E-state index is -0.0727. The van der Waals surface area contributed by atoms with E-state index in [0.29, 0.717) is 5.92 Å². The topological polar surface area (TPSA) is 58.0 Å². The molecule has 0 unspecified atom stereocenters. The second kappa shape index (κ2) is 6.69. The first-order chi connectivity index (χ1) is 8.78. The molecule has 0 radical (unpaired) electrons. The summed E-state index contributed by atoms with van der Waals surface area (Å²) in [6.45, 7) is 3.11. The molecular formula is C14H23N3O. The van der Waals surface area contributed by atoms with E-state index in [1.165, 1.54) is 0 Å². The van der Waals surface area contributed by atoms with Gasteiger partial charge < -0.3 is 10.4 Å². The van der Waals surface area contributed by atoms with Gasteiger partial charge in [-0.25, -0.2) is 9.97 Å². The van der Waals surface area contributed by atoms with Gasteiger partial charge in [0.15, 0.2) is 0 Å². The van der Waals surface area contributed by atoms with Crippen LogP contribution in [0, 0.1) is 5.92 Å². The van der Waals surface area contributed by atoms with E-state index in [4.69, 9.17) is 0 Å². The molecule has 1 aliphatic rings. The zero-order valence-corrected chi connectivity index (χ0v) is 11.1. The Balaban J connectivity index is 1.80. The molecule has 100 valence electrons. The molecule has 4 nitrogen and oxygen atoms in total. The Bertz CT molecular complexity index is 362. The summed E-state index contributed by atoms with van der Waals surface area (Å²) in [4.78, 5) is 8.50. The highest BCUT2D eigenvalue weighted by Crippen LogP contribution is 2.24. The number of hydrogen-bond donors (Lipinski definition) is 2. The highest BCUT2D eigenvalue weighted by atomic mass is 16.3. The van der Waals surface area contributed by atoms with Crippen molar-refractivity contribution in [2.75, 3.05) is 11.9 Å². The van der Waals surface area contributed by atoms with Gasteiger partial charge in [-0.05, 0) is 38.0 Å². The maximum absolute atomic E-state index is 9.47. The third-order valence-electron chi connectivity index (χ3n) is 3.62. The smallest absolute Gasteiger partial charge is 0.129 e. The molecule has 1 aromatic heterocycles. The maximum atomic E-state index is 9.47. The molecule has 0 aliphatic heterocycles. The van der Waals surface area contributed by atoms with Gasteiger partial charge in [0.1, 0.15) is 12.1 Å². The van der Waals surface area contributed by atoms with Crippen LogP contribution in [0.2, 0.25) is 0 Å². The number of nitrogens with one attached hydrogen (secondary N) is 1. The van der Waals surface area contributed by atoms with Crippen molar-refractivity contribution in [3.8, 4) is 0 Å². The quantitative estimate of drug-likeness (QED) is 0.841. The van der Waals surface area contributed by atoms with Crippen LogP contribution in [-0.2, 0) is 6.42 Å². The summed E-state index contributed by atoms with van der Waals surface area (Å²) in [5.74, 6) is 1.59. The first-order valence-electron chi connectivity index (χ1n) is 7.00. The van der Waals surface area contributed by atoms with E-state index in [0.717, 1.165) is 56.6 Å². The molecule has 1 aliphatic carbocycles. The summed E-state index contributed by atoms with van der Waals surface area (Å²) >= 11 is 0. The molecule has 1 fully saturated rings. The van der Waals surface area contributed by atoms with Crippen LogP contribution in [0.15, 0.2) is 12.4 Å². The van der Waals surface area contributed by atoms with Crippen molar-refractivity contribution in [3.63, 3.8) is 0 Å². The van der Waals surface area contributed by atoms with Gasteiger partial charge in [0.25, 0.3) is 0 Å². The summed E-state index contributed by atoms with van der Waals surface area (Å²) < 4.78 is 0. The number of aliphatic hydroxyl groups is 1. The maximum Gasteiger partial charge on any atom is 0.129 e. The van der Waals surface area contributed by atoms with Crippen LogP contribution in [0.4, 0.5) is 5.82 Å². The van der Waals surface area contributed by atoms with E-state index in [-0.39, 0.29) is 6.10 Å². The van der Waals surface area contributed by atoms with Gasteiger partial charge in [0.05, 0.1) is 6.10 Å². The van der Waals surface area contributed by atoms with Crippen molar-refractivity contribution in [2.45, 2.75) is 51.6 Å². The molecule has 0 amide bonds. The number of aromatic nitrogens is 2. The van der Waals surface area contributed by atoms with Crippen molar-refractivity contribution in [1.82, 2.24) is 9.97 Å². The Kier molecular flexibility index (Phi) is 4.93. The van der Waals surface area contributed by atoms with Crippen LogP contribution >= 0.6 is 0 Å². The van der Waals surface area contributed by atoms with E-state index in [9.17, 15) is 5.11 Å². The average molecular weight is 249 g/mol. The minimum Gasteiger partial charge on any atom is -0.393 e. The molecule has 2 N–H and O–H groups in total. The molecule has 18 heavy (non-hydrogen) atoms. The number of nitrogens with zero attached hydrogens (tertiary/aromatic N) is 2. The first-order valence-corrected chi connectivity index (χ1v) is 7.00. The Morgan fingerprint density at radius 2 is 2.06 bits per heavy atom. The number of hydrogen-bond acceptors (Lipinski definition) is 4. The molecule has 4 heteroatoms. The lowest BCUT2D eigenvalue weighted by molar-refractivity contribution is 0.111. The molecule has 1 heterocycles. The van der Waals surface area contributed by atoms with Crippen molar-refractivity contribution in [1.29, 1.82) is 0 Å². The van der Waals surface area contributed by atoms with Gasteiger partial charge in [0.2, 0.25) is 0 Å². The number of rotatable bonds is 5. The number of aliphatic hydroxyl groups excluding tert-OH is 1. The van der Waals surface area contributed by atoms with Crippen LogP contribution in [0.3, 0.4) is 0 Å². The Hall–Kier alpha value is -1.16. The van der Waals surface area contributed by atoms with E-state index in [1.54, 1.807) is 6.33 Å². The van der Waals surface area contributed by atoms with Gasteiger partial charge in [-0.15, -0.1) is 0 Å². The van der Waals surface area contributed by atoms with E-state index >= 15 is 0 Å². The zero-order valence-electron chi connectivity index (χ0n) is 11.1. The summed E-state index contributed by atoms with van der Waals surface area (Å²) in [5.41, 5.74) is 1.11. The standard InChI is InChI=1S/C14H23N3O/c1-2-3-12-8-14(17-10-16-12)15-9-11-4-6-13(18)7-5-11/h8,10-11,13,18H,2-7,9H2,1H3,(H,15,16,17). The average Bonchev–Trinajstić information content (AvgIpc) is 2.39. The van der Waals surface area contributed by atoms with E-state index in [2.05, 4.69) is 22.2 Å². The van der Waals surface area contributed by atoms with Crippen LogP contribution < -0.4 is 5.32 Å². The van der Waals surface area contributed by atoms with Crippen molar-refractivity contribution >= 4 is 5.82 Å². The van der Waals surface area contributed by atoms with E-state index < -0.39 is 0 Å². The molecule has 1 aromatic rings. The summed E-state index contributed by atoms with van der Waals surface area (Å²) in [7, 11) is 0. The molecular weight excluding hydrogens is 226 g/mol. The zero-order chi connectivity index (χ0) is 12.8. The predicted molar refractivity (Wildman–Crippen MR) is 72.5 cm³/mol. The van der Waals surface area contributed by atoms with Crippen molar-refractivity contribution < 1.29 is 5.11 Å². The van der Waals surface area contributed by atoms with Crippen LogP contribution in [-0.4, -0.2) is 27.7 Å². The lowest BCUT2D eigenvalue weighted by atomic mass is 9.87. The van der Waals surface area contributed by atoms with Crippen LogP contribution in [0.1, 0.15) is 44.7 Å². The minimum absolute atomic E-state index is 0.0727. The third-order valence-corrected chi connectivity index (χ3v) is 3.62. The highest BCUT2D eigenvalue weighted by Gasteiger charge is 2.18.